The normalized spacial score (nSPS) is 26.4. The number of carbonyl (C=O) groups excluding carboxylic acids is 2. The van der Waals surface area contributed by atoms with E-state index in [-0.39, 0.29) is 16.7 Å². The molecule has 0 aromatic rings. The van der Waals surface area contributed by atoms with E-state index in [0.717, 1.165) is 32.1 Å². The van der Waals surface area contributed by atoms with Crippen molar-refractivity contribution in [3.63, 3.8) is 0 Å². The van der Waals surface area contributed by atoms with Gasteiger partial charge in [-0.25, -0.2) is 0 Å². The molecule has 0 heterocycles. The number of aliphatic hydroxyl groups is 1. The monoisotopic (exact) mass is 474 g/mol. The SMILES string of the molecule is CCC(C)(CC=C(C)CC(C)(C)CC=C(C)C)C/C(C)=C/CC1C(C)C(=O)C(=O)C(OC)C1O. The fourth-order valence-corrected chi connectivity index (χ4v) is 5.05. The Morgan fingerprint density at radius 3 is 2.06 bits per heavy atom. The van der Waals surface area contributed by atoms with E-state index in [1.165, 1.54) is 23.8 Å². The van der Waals surface area contributed by atoms with Crippen LogP contribution in [0.25, 0.3) is 0 Å². The molecule has 34 heavy (non-hydrogen) atoms. The van der Waals surface area contributed by atoms with Crippen LogP contribution in [0.3, 0.4) is 0 Å². The van der Waals surface area contributed by atoms with Crippen LogP contribution in [0.1, 0.15) is 101 Å². The zero-order valence-electron chi connectivity index (χ0n) is 23.5. The third kappa shape index (κ3) is 8.92. The Bertz CT molecular complexity index is 797. The van der Waals surface area contributed by atoms with E-state index >= 15 is 0 Å². The van der Waals surface area contributed by atoms with Crippen LogP contribution in [0.15, 0.2) is 34.9 Å². The topological polar surface area (TPSA) is 63.6 Å². The summed E-state index contributed by atoms with van der Waals surface area (Å²) in [6, 6.07) is 0. The molecule has 1 fully saturated rings. The molecule has 0 saturated heterocycles. The van der Waals surface area contributed by atoms with Crippen LogP contribution < -0.4 is 0 Å². The predicted octanol–water partition coefficient (Wildman–Crippen LogP) is 7.02. The van der Waals surface area contributed by atoms with E-state index in [1.54, 1.807) is 6.92 Å². The Hall–Kier alpha value is -1.52. The Balaban J connectivity index is 2.82. The number of hydrogen-bond donors (Lipinski definition) is 1. The van der Waals surface area contributed by atoms with E-state index in [4.69, 9.17) is 4.74 Å². The lowest BCUT2D eigenvalue weighted by molar-refractivity contribution is -0.160. The first-order valence-corrected chi connectivity index (χ1v) is 12.9. The van der Waals surface area contributed by atoms with Crippen molar-refractivity contribution in [3.05, 3.63) is 34.9 Å². The summed E-state index contributed by atoms with van der Waals surface area (Å²) < 4.78 is 5.13. The van der Waals surface area contributed by atoms with Crippen molar-refractivity contribution in [1.29, 1.82) is 0 Å². The highest BCUT2D eigenvalue weighted by atomic mass is 16.5. The number of hydrogen-bond acceptors (Lipinski definition) is 4. The van der Waals surface area contributed by atoms with Gasteiger partial charge in [-0.2, -0.15) is 0 Å². The van der Waals surface area contributed by atoms with Gasteiger partial charge in [-0.3, -0.25) is 9.59 Å². The second kappa shape index (κ2) is 13.0. The van der Waals surface area contributed by atoms with Crippen LogP contribution in [0, 0.1) is 22.7 Å². The highest BCUT2D eigenvalue weighted by Crippen LogP contribution is 2.37. The fraction of sp³-hybridized carbons (Fsp3) is 0.733. The molecule has 4 nitrogen and oxygen atoms in total. The Labute approximate surface area is 208 Å². The molecule has 1 N–H and O–H groups in total. The maximum absolute atomic E-state index is 12.3. The second-order valence-electron chi connectivity index (χ2n) is 12.0. The van der Waals surface area contributed by atoms with Gasteiger partial charge in [0, 0.05) is 18.9 Å². The Morgan fingerprint density at radius 1 is 0.941 bits per heavy atom. The first kappa shape index (κ1) is 30.5. The lowest BCUT2D eigenvalue weighted by Crippen LogP contribution is -2.53. The van der Waals surface area contributed by atoms with Gasteiger partial charge in [0.2, 0.25) is 11.6 Å². The third-order valence-corrected chi connectivity index (χ3v) is 7.62. The number of carbonyl (C=O) groups is 2. The van der Waals surface area contributed by atoms with Gasteiger partial charge < -0.3 is 9.84 Å². The smallest absolute Gasteiger partial charge is 0.229 e. The summed E-state index contributed by atoms with van der Waals surface area (Å²) in [5.74, 6) is -1.83. The van der Waals surface area contributed by atoms with Crippen molar-refractivity contribution in [3.8, 4) is 0 Å². The molecule has 5 atom stereocenters. The minimum atomic E-state index is -1.04. The van der Waals surface area contributed by atoms with Crippen molar-refractivity contribution in [2.24, 2.45) is 22.7 Å². The molecule has 0 aromatic carbocycles. The standard InChI is InChI=1S/C30H50O4/c1-11-30(9,17-15-22(5)18-29(7,8)16-14-20(2)3)19-21(4)12-13-24-23(6)25(31)27(33)28(34-10)26(24)32/h12,14-15,23-24,26,28,32H,11,13,16-19H2,1-10H3/b21-12+,22-15?. The van der Waals surface area contributed by atoms with Gasteiger partial charge in [0.1, 0.15) is 6.10 Å². The average Bonchev–Trinajstić information content (AvgIpc) is 2.75. The molecule has 194 valence electrons. The summed E-state index contributed by atoms with van der Waals surface area (Å²) in [4.78, 5) is 24.4. The molecule has 0 aliphatic heterocycles. The van der Waals surface area contributed by atoms with Gasteiger partial charge in [-0.05, 0) is 70.6 Å². The predicted molar refractivity (Wildman–Crippen MR) is 142 cm³/mol. The summed E-state index contributed by atoms with van der Waals surface area (Å²) in [5, 5.41) is 10.6. The van der Waals surface area contributed by atoms with Gasteiger partial charge >= 0.3 is 0 Å². The third-order valence-electron chi connectivity index (χ3n) is 7.62. The molecular weight excluding hydrogens is 424 g/mol. The maximum Gasteiger partial charge on any atom is 0.229 e. The Kier molecular flexibility index (Phi) is 11.6. The number of rotatable bonds is 12. The van der Waals surface area contributed by atoms with Gasteiger partial charge in [-0.15, -0.1) is 0 Å². The van der Waals surface area contributed by atoms with Crippen LogP contribution in [0.5, 0.6) is 0 Å². The van der Waals surface area contributed by atoms with Crippen molar-refractivity contribution >= 4 is 11.6 Å². The first-order valence-electron chi connectivity index (χ1n) is 12.9. The lowest BCUT2D eigenvalue weighted by Gasteiger charge is -2.36. The van der Waals surface area contributed by atoms with Crippen LogP contribution in [-0.4, -0.2) is 36.0 Å². The highest BCUT2D eigenvalue weighted by molar-refractivity contribution is 6.40. The van der Waals surface area contributed by atoms with Crippen molar-refractivity contribution in [2.45, 2.75) is 113 Å². The van der Waals surface area contributed by atoms with Crippen molar-refractivity contribution in [2.75, 3.05) is 7.11 Å². The molecule has 0 spiro atoms. The molecular formula is C30H50O4. The summed E-state index contributed by atoms with van der Waals surface area (Å²) in [7, 11) is 1.37. The summed E-state index contributed by atoms with van der Waals surface area (Å²) in [6.45, 7) is 19.7. The van der Waals surface area contributed by atoms with Gasteiger partial charge in [0.15, 0.2) is 0 Å². The van der Waals surface area contributed by atoms with Crippen LogP contribution in [0.4, 0.5) is 0 Å². The van der Waals surface area contributed by atoms with Gasteiger partial charge in [0.05, 0.1) is 6.10 Å². The number of aliphatic hydroxyl groups excluding tert-OH is 1. The summed E-state index contributed by atoms with van der Waals surface area (Å²) in [5.41, 5.74) is 4.49. The number of ether oxygens (including phenoxy) is 1. The molecule has 1 saturated carbocycles. The molecule has 1 aliphatic rings. The minimum Gasteiger partial charge on any atom is -0.390 e. The van der Waals surface area contributed by atoms with E-state index in [0.29, 0.717) is 6.42 Å². The number of allylic oxidation sites excluding steroid dienone is 6. The van der Waals surface area contributed by atoms with Crippen molar-refractivity contribution < 1.29 is 19.4 Å². The quantitative estimate of drug-likeness (QED) is 0.244. The van der Waals surface area contributed by atoms with Gasteiger partial charge in [0.25, 0.3) is 0 Å². The fourth-order valence-electron chi connectivity index (χ4n) is 5.05. The first-order chi connectivity index (χ1) is 15.7. The minimum absolute atomic E-state index is 0.156. The van der Waals surface area contributed by atoms with E-state index in [2.05, 4.69) is 73.6 Å². The number of ketones is 2. The van der Waals surface area contributed by atoms with Crippen molar-refractivity contribution in [1.82, 2.24) is 0 Å². The lowest BCUT2D eigenvalue weighted by atomic mass is 9.72. The summed E-state index contributed by atoms with van der Waals surface area (Å²) in [6.07, 6.45) is 10.7. The van der Waals surface area contributed by atoms with Crippen LogP contribution in [-0.2, 0) is 14.3 Å². The number of methoxy groups -OCH3 is 1. The van der Waals surface area contributed by atoms with E-state index < -0.39 is 29.7 Å². The summed E-state index contributed by atoms with van der Waals surface area (Å²) >= 11 is 0. The molecule has 4 heteroatoms. The molecule has 1 aliphatic carbocycles. The van der Waals surface area contributed by atoms with Crippen LogP contribution >= 0.6 is 0 Å². The molecule has 5 unspecified atom stereocenters. The molecule has 1 rings (SSSR count). The highest BCUT2D eigenvalue weighted by Gasteiger charge is 2.47. The molecule has 0 bridgehead atoms. The molecule has 0 amide bonds. The van der Waals surface area contributed by atoms with Gasteiger partial charge in [-0.1, -0.05) is 76.0 Å². The molecule has 0 aromatic heterocycles. The Morgan fingerprint density at radius 2 is 1.53 bits per heavy atom. The van der Waals surface area contributed by atoms with E-state index in [9.17, 15) is 14.7 Å². The van der Waals surface area contributed by atoms with E-state index in [1.807, 2.05) is 0 Å². The average molecular weight is 475 g/mol. The van der Waals surface area contributed by atoms with Crippen LogP contribution in [0.2, 0.25) is 0 Å². The number of Topliss-reactive ketones (excluding diaryl/α,β-unsaturated/α-hetero) is 2. The zero-order valence-corrected chi connectivity index (χ0v) is 23.5. The largest absolute Gasteiger partial charge is 0.390 e. The molecule has 0 radical (unpaired) electrons. The second-order valence-corrected chi connectivity index (χ2v) is 12.0. The maximum atomic E-state index is 12.3. The zero-order chi connectivity index (χ0) is 26.3.